The van der Waals surface area contributed by atoms with E-state index in [9.17, 15) is 4.79 Å². The van der Waals surface area contributed by atoms with E-state index in [1.807, 2.05) is 13.0 Å². The number of rotatable bonds is 5. The number of aliphatic carboxylic acids is 1. The highest BCUT2D eigenvalue weighted by atomic mass is 16.5. The molecule has 1 aromatic rings. The van der Waals surface area contributed by atoms with Crippen molar-refractivity contribution in [1.82, 2.24) is 0 Å². The zero-order chi connectivity index (χ0) is 14.5. The fourth-order valence-electron chi connectivity index (χ4n) is 2.68. The molecule has 0 bridgehead atoms. The number of hydrogen-bond donors (Lipinski definition) is 1. The van der Waals surface area contributed by atoms with E-state index in [0.29, 0.717) is 5.92 Å². The van der Waals surface area contributed by atoms with Crippen molar-refractivity contribution in [2.24, 2.45) is 5.92 Å². The van der Waals surface area contributed by atoms with Crippen LogP contribution in [0, 0.1) is 12.8 Å². The summed E-state index contributed by atoms with van der Waals surface area (Å²) in [4.78, 5) is 13.0. The number of ether oxygens (including phenoxy) is 1. The molecule has 1 atom stereocenters. The van der Waals surface area contributed by atoms with Gasteiger partial charge in [-0.25, -0.2) is 4.79 Å². The van der Waals surface area contributed by atoms with Crippen LogP contribution in [-0.2, 0) is 9.53 Å². The van der Waals surface area contributed by atoms with Crippen molar-refractivity contribution in [1.29, 1.82) is 0 Å². The van der Waals surface area contributed by atoms with Gasteiger partial charge in [-0.2, -0.15) is 0 Å². The van der Waals surface area contributed by atoms with Crippen molar-refractivity contribution >= 4 is 17.7 Å². The second kappa shape index (κ2) is 6.57. The molecular formula is C16H21NO3. The summed E-state index contributed by atoms with van der Waals surface area (Å²) in [6.45, 7) is 4.75. The molecule has 1 aliphatic rings. The van der Waals surface area contributed by atoms with Gasteiger partial charge in [0.25, 0.3) is 0 Å². The molecule has 1 heterocycles. The molecule has 0 radical (unpaired) electrons. The smallest absolute Gasteiger partial charge is 0.328 e. The fraction of sp³-hybridized carbons (Fsp3) is 0.438. The predicted molar refractivity (Wildman–Crippen MR) is 80.0 cm³/mol. The number of aryl methyl sites for hydroxylation is 1. The van der Waals surface area contributed by atoms with Gasteiger partial charge in [0.2, 0.25) is 0 Å². The lowest BCUT2D eigenvalue weighted by Crippen LogP contribution is -2.21. The summed E-state index contributed by atoms with van der Waals surface area (Å²) in [5.41, 5.74) is 3.20. The minimum absolute atomic E-state index is 0.553. The molecular weight excluding hydrogens is 254 g/mol. The summed E-state index contributed by atoms with van der Waals surface area (Å²) in [7, 11) is 1.73. The van der Waals surface area contributed by atoms with Crippen molar-refractivity contribution in [2.75, 3.05) is 31.7 Å². The van der Waals surface area contributed by atoms with E-state index in [2.05, 4.69) is 17.0 Å². The molecule has 0 aliphatic carbocycles. The average Bonchev–Trinajstić information content (AvgIpc) is 2.85. The summed E-state index contributed by atoms with van der Waals surface area (Å²) < 4.78 is 5.22. The van der Waals surface area contributed by atoms with Gasteiger partial charge in [-0.05, 0) is 37.1 Å². The maximum absolute atomic E-state index is 10.7. The summed E-state index contributed by atoms with van der Waals surface area (Å²) in [5.74, 6) is -0.367. The number of methoxy groups -OCH3 is 1. The Morgan fingerprint density at radius 1 is 1.55 bits per heavy atom. The maximum atomic E-state index is 10.7. The highest BCUT2D eigenvalue weighted by Gasteiger charge is 2.23. The molecule has 1 unspecified atom stereocenters. The van der Waals surface area contributed by atoms with Crippen LogP contribution in [0.2, 0.25) is 0 Å². The second-order valence-corrected chi connectivity index (χ2v) is 5.29. The van der Waals surface area contributed by atoms with Gasteiger partial charge >= 0.3 is 5.97 Å². The number of carboxylic acids is 1. The Bertz CT molecular complexity index is 510. The van der Waals surface area contributed by atoms with Gasteiger partial charge in [0.05, 0.1) is 6.61 Å². The summed E-state index contributed by atoms with van der Waals surface area (Å²) in [6, 6.07) is 6.17. The van der Waals surface area contributed by atoms with Gasteiger partial charge in [-0.15, -0.1) is 0 Å². The summed E-state index contributed by atoms with van der Waals surface area (Å²) in [6.07, 6.45) is 3.99. The van der Waals surface area contributed by atoms with Crippen LogP contribution in [0.15, 0.2) is 24.3 Å². The molecule has 0 spiro atoms. The molecule has 0 saturated carbocycles. The third kappa shape index (κ3) is 3.61. The van der Waals surface area contributed by atoms with E-state index in [4.69, 9.17) is 9.84 Å². The minimum Gasteiger partial charge on any atom is -0.478 e. The number of carboxylic acid groups (broad SMARTS) is 1. The summed E-state index contributed by atoms with van der Waals surface area (Å²) >= 11 is 0. The third-order valence-corrected chi connectivity index (χ3v) is 3.62. The van der Waals surface area contributed by atoms with Gasteiger partial charge < -0.3 is 14.7 Å². The van der Waals surface area contributed by atoms with Crippen LogP contribution < -0.4 is 4.90 Å². The normalized spacial score (nSPS) is 18.9. The lowest BCUT2D eigenvalue weighted by molar-refractivity contribution is -0.131. The number of benzene rings is 1. The Morgan fingerprint density at radius 3 is 3.05 bits per heavy atom. The van der Waals surface area contributed by atoms with Crippen molar-refractivity contribution in [3.63, 3.8) is 0 Å². The molecule has 0 aromatic heterocycles. The largest absolute Gasteiger partial charge is 0.478 e. The number of carbonyl (C=O) groups is 1. The van der Waals surface area contributed by atoms with Crippen LogP contribution in [0.25, 0.3) is 6.08 Å². The Labute approximate surface area is 119 Å². The second-order valence-electron chi connectivity index (χ2n) is 5.29. The van der Waals surface area contributed by atoms with Crippen LogP contribution in [0.1, 0.15) is 17.5 Å². The van der Waals surface area contributed by atoms with Crippen molar-refractivity contribution in [2.45, 2.75) is 13.3 Å². The van der Waals surface area contributed by atoms with Crippen molar-refractivity contribution in [3.05, 3.63) is 35.4 Å². The van der Waals surface area contributed by atoms with E-state index in [1.54, 1.807) is 13.2 Å². The third-order valence-electron chi connectivity index (χ3n) is 3.62. The van der Waals surface area contributed by atoms with Gasteiger partial charge in [-0.1, -0.05) is 11.6 Å². The molecule has 4 heteroatoms. The molecule has 1 saturated heterocycles. The molecule has 2 rings (SSSR count). The molecule has 1 fully saturated rings. The topological polar surface area (TPSA) is 49.8 Å². The molecule has 1 aromatic carbocycles. The van der Waals surface area contributed by atoms with Crippen LogP contribution in [0.4, 0.5) is 5.69 Å². The Balaban J connectivity index is 2.21. The SMILES string of the molecule is COCC1CCN(c2ccc(C)cc2/C=C/C(=O)O)C1. The number of anilines is 1. The molecule has 1 N–H and O–H groups in total. The van der Waals surface area contributed by atoms with E-state index in [-0.39, 0.29) is 0 Å². The van der Waals surface area contributed by atoms with E-state index < -0.39 is 5.97 Å². The summed E-state index contributed by atoms with van der Waals surface area (Å²) in [5, 5.41) is 8.80. The van der Waals surface area contributed by atoms with Crippen LogP contribution >= 0.6 is 0 Å². The fourth-order valence-corrected chi connectivity index (χ4v) is 2.68. The van der Waals surface area contributed by atoms with Crippen LogP contribution in [-0.4, -0.2) is 37.9 Å². The molecule has 20 heavy (non-hydrogen) atoms. The van der Waals surface area contributed by atoms with E-state index in [0.717, 1.165) is 42.9 Å². The highest BCUT2D eigenvalue weighted by Crippen LogP contribution is 2.29. The first-order chi connectivity index (χ1) is 9.60. The highest BCUT2D eigenvalue weighted by molar-refractivity contribution is 5.87. The predicted octanol–water partition coefficient (Wildman–Crippen LogP) is 2.57. The van der Waals surface area contributed by atoms with Crippen LogP contribution in [0.5, 0.6) is 0 Å². The van der Waals surface area contributed by atoms with Crippen molar-refractivity contribution < 1.29 is 14.6 Å². The van der Waals surface area contributed by atoms with Crippen LogP contribution in [0.3, 0.4) is 0 Å². The zero-order valence-electron chi connectivity index (χ0n) is 12.0. The quantitative estimate of drug-likeness (QED) is 0.839. The van der Waals surface area contributed by atoms with Gasteiger partial charge in [0, 0.05) is 37.9 Å². The Hall–Kier alpha value is -1.81. The molecule has 0 amide bonds. The van der Waals surface area contributed by atoms with Gasteiger partial charge in [-0.3, -0.25) is 0 Å². The monoisotopic (exact) mass is 275 g/mol. The van der Waals surface area contributed by atoms with Gasteiger partial charge in [0.15, 0.2) is 0 Å². The first-order valence-electron chi connectivity index (χ1n) is 6.85. The molecule has 4 nitrogen and oxygen atoms in total. The molecule has 108 valence electrons. The van der Waals surface area contributed by atoms with Crippen molar-refractivity contribution in [3.8, 4) is 0 Å². The first-order valence-corrected chi connectivity index (χ1v) is 6.85. The Morgan fingerprint density at radius 2 is 2.35 bits per heavy atom. The zero-order valence-corrected chi connectivity index (χ0v) is 12.0. The Kier molecular flexibility index (Phi) is 4.79. The molecule has 1 aliphatic heterocycles. The lowest BCUT2D eigenvalue weighted by Gasteiger charge is -2.21. The van der Waals surface area contributed by atoms with E-state index >= 15 is 0 Å². The standard InChI is InChI=1S/C16H21NO3/c1-12-3-5-15(14(9-12)4-6-16(18)19)17-8-7-13(10-17)11-20-2/h3-6,9,13H,7-8,10-11H2,1-2H3,(H,18,19)/b6-4+. The number of nitrogens with zero attached hydrogens (tertiary/aromatic N) is 1. The lowest BCUT2D eigenvalue weighted by atomic mass is 10.1. The number of hydrogen-bond acceptors (Lipinski definition) is 3. The van der Waals surface area contributed by atoms with Gasteiger partial charge in [0.1, 0.15) is 0 Å². The first kappa shape index (κ1) is 14.6. The maximum Gasteiger partial charge on any atom is 0.328 e. The van der Waals surface area contributed by atoms with E-state index in [1.165, 1.54) is 6.08 Å². The minimum atomic E-state index is -0.920. The average molecular weight is 275 g/mol.